The average molecular weight is 378 g/mol. The molecular formula is C20H28ClN3O2. The van der Waals surface area contributed by atoms with Crippen molar-refractivity contribution in [3.8, 4) is 0 Å². The molecule has 2 aliphatic rings. The number of benzene rings is 1. The van der Waals surface area contributed by atoms with Gasteiger partial charge in [-0.05, 0) is 68.1 Å². The van der Waals surface area contributed by atoms with E-state index in [0.29, 0.717) is 35.9 Å². The molecule has 0 bridgehead atoms. The quantitative estimate of drug-likeness (QED) is 0.680. The van der Waals surface area contributed by atoms with Crippen LogP contribution in [0.2, 0.25) is 5.02 Å². The van der Waals surface area contributed by atoms with Gasteiger partial charge in [-0.3, -0.25) is 4.79 Å². The number of nitrogens with one attached hydrogen (secondary N) is 3. The molecule has 26 heavy (non-hydrogen) atoms. The molecule has 0 atom stereocenters. The molecule has 142 valence electrons. The van der Waals surface area contributed by atoms with Gasteiger partial charge in [-0.25, -0.2) is 4.79 Å². The number of hydrogen-bond acceptors (Lipinski definition) is 2. The summed E-state index contributed by atoms with van der Waals surface area (Å²) in [6.07, 6.45) is 6.59. The zero-order valence-corrected chi connectivity index (χ0v) is 15.9. The summed E-state index contributed by atoms with van der Waals surface area (Å²) >= 11 is 5.94. The van der Waals surface area contributed by atoms with E-state index in [1.54, 1.807) is 0 Å². The van der Waals surface area contributed by atoms with E-state index >= 15 is 0 Å². The van der Waals surface area contributed by atoms with Gasteiger partial charge in [0.15, 0.2) is 0 Å². The van der Waals surface area contributed by atoms with Crippen LogP contribution in [0.3, 0.4) is 0 Å². The van der Waals surface area contributed by atoms with Crippen LogP contribution in [0.4, 0.5) is 4.79 Å². The van der Waals surface area contributed by atoms with E-state index in [4.69, 9.17) is 11.6 Å². The van der Waals surface area contributed by atoms with Crippen LogP contribution in [-0.2, 0) is 11.3 Å². The number of hydrogen-bond donors (Lipinski definition) is 3. The van der Waals surface area contributed by atoms with Gasteiger partial charge < -0.3 is 16.0 Å². The number of rotatable bonds is 7. The predicted molar refractivity (Wildman–Crippen MR) is 103 cm³/mol. The molecule has 0 aliphatic heterocycles. The summed E-state index contributed by atoms with van der Waals surface area (Å²) in [5.74, 6) is 1.65. The van der Waals surface area contributed by atoms with Gasteiger partial charge in [0.05, 0.1) is 0 Å². The van der Waals surface area contributed by atoms with Crippen molar-refractivity contribution in [1.82, 2.24) is 16.0 Å². The second-order valence-corrected chi connectivity index (χ2v) is 8.04. The Morgan fingerprint density at radius 3 is 2.19 bits per heavy atom. The minimum atomic E-state index is -0.135. The number of halogens is 1. The zero-order valence-electron chi connectivity index (χ0n) is 15.1. The molecule has 2 saturated carbocycles. The minimum absolute atomic E-state index is 0.135. The SMILES string of the molecule is O=C(NCc1cccc(Cl)c1)NCC1CCC(CNC(=O)C2CC2)CC1. The first-order valence-electron chi connectivity index (χ1n) is 9.64. The van der Waals surface area contributed by atoms with Crippen molar-refractivity contribution in [2.75, 3.05) is 13.1 Å². The Balaban J connectivity index is 1.27. The van der Waals surface area contributed by atoms with Crippen molar-refractivity contribution >= 4 is 23.5 Å². The van der Waals surface area contributed by atoms with Crippen molar-refractivity contribution in [1.29, 1.82) is 0 Å². The number of urea groups is 1. The number of amides is 3. The fraction of sp³-hybridized carbons (Fsp3) is 0.600. The van der Waals surface area contributed by atoms with Crippen LogP contribution in [0.5, 0.6) is 0 Å². The van der Waals surface area contributed by atoms with Crippen molar-refractivity contribution in [2.24, 2.45) is 17.8 Å². The van der Waals surface area contributed by atoms with E-state index in [9.17, 15) is 9.59 Å². The van der Waals surface area contributed by atoms with Gasteiger partial charge in [0.25, 0.3) is 0 Å². The first-order chi connectivity index (χ1) is 12.6. The standard InChI is InChI=1S/C20H28ClN3O2/c21-18-3-1-2-16(10-18)13-24-20(26)23-12-15-6-4-14(5-7-15)11-22-19(25)17-8-9-17/h1-3,10,14-15,17H,4-9,11-13H2,(H,22,25)(H2,23,24,26). The van der Waals surface area contributed by atoms with E-state index in [-0.39, 0.29) is 11.9 Å². The molecule has 2 fully saturated rings. The molecule has 0 unspecified atom stereocenters. The maximum atomic E-state index is 12.0. The van der Waals surface area contributed by atoms with Crippen LogP contribution in [0.1, 0.15) is 44.1 Å². The summed E-state index contributed by atoms with van der Waals surface area (Å²) in [7, 11) is 0. The van der Waals surface area contributed by atoms with Crippen LogP contribution < -0.4 is 16.0 Å². The molecule has 3 rings (SSSR count). The Morgan fingerprint density at radius 2 is 1.58 bits per heavy atom. The Bertz CT molecular complexity index is 625. The summed E-state index contributed by atoms with van der Waals surface area (Å²) in [4.78, 5) is 23.7. The lowest BCUT2D eigenvalue weighted by Gasteiger charge is -2.28. The van der Waals surface area contributed by atoms with Gasteiger partial charge in [-0.15, -0.1) is 0 Å². The van der Waals surface area contributed by atoms with Gasteiger partial charge in [-0.2, -0.15) is 0 Å². The molecule has 0 saturated heterocycles. The van der Waals surface area contributed by atoms with E-state index in [0.717, 1.165) is 50.6 Å². The fourth-order valence-corrected chi connectivity index (χ4v) is 3.72. The highest BCUT2D eigenvalue weighted by Crippen LogP contribution is 2.30. The predicted octanol–water partition coefficient (Wildman–Crippen LogP) is 3.47. The first-order valence-corrected chi connectivity index (χ1v) is 10.0. The third-order valence-corrected chi connectivity index (χ3v) is 5.61. The second-order valence-electron chi connectivity index (χ2n) is 7.60. The third kappa shape index (κ3) is 6.20. The molecule has 3 N–H and O–H groups in total. The molecule has 0 spiro atoms. The van der Waals surface area contributed by atoms with E-state index in [1.165, 1.54) is 0 Å². The lowest BCUT2D eigenvalue weighted by molar-refractivity contribution is -0.122. The number of carbonyl (C=O) groups excluding carboxylic acids is 2. The Hall–Kier alpha value is -1.75. The highest BCUT2D eigenvalue weighted by molar-refractivity contribution is 6.30. The van der Waals surface area contributed by atoms with Gasteiger partial charge in [0.2, 0.25) is 5.91 Å². The summed E-state index contributed by atoms with van der Waals surface area (Å²) < 4.78 is 0. The van der Waals surface area contributed by atoms with E-state index in [1.807, 2.05) is 24.3 Å². The van der Waals surface area contributed by atoms with E-state index in [2.05, 4.69) is 16.0 Å². The molecule has 2 aliphatic carbocycles. The van der Waals surface area contributed by atoms with Crippen LogP contribution >= 0.6 is 11.6 Å². The minimum Gasteiger partial charge on any atom is -0.356 e. The van der Waals surface area contributed by atoms with Crippen LogP contribution in [0.15, 0.2) is 24.3 Å². The smallest absolute Gasteiger partial charge is 0.315 e. The molecular weight excluding hydrogens is 350 g/mol. The summed E-state index contributed by atoms with van der Waals surface area (Å²) in [5, 5.41) is 9.60. The lowest BCUT2D eigenvalue weighted by atomic mass is 9.82. The third-order valence-electron chi connectivity index (χ3n) is 5.37. The zero-order chi connectivity index (χ0) is 18.4. The van der Waals surface area contributed by atoms with Gasteiger partial charge in [-0.1, -0.05) is 23.7 Å². The monoisotopic (exact) mass is 377 g/mol. The molecule has 1 aromatic rings. The lowest BCUT2D eigenvalue weighted by Crippen LogP contribution is -2.39. The Kier molecular flexibility index (Phi) is 6.78. The summed E-state index contributed by atoms with van der Waals surface area (Å²) in [6, 6.07) is 7.35. The van der Waals surface area contributed by atoms with E-state index < -0.39 is 0 Å². The van der Waals surface area contributed by atoms with Crippen molar-refractivity contribution in [3.63, 3.8) is 0 Å². The summed E-state index contributed by atoms with van der Waals surface area (Å²) in [5.41, 5.74) is 0.987. The average Bonchev–Trinajstić information content (AvgIpc) is 3.49. The van der Waals surface area contributed by atoms with Crippen LogP contribution in [0.25, 0.3) is 0 Å². The maximum absolute atomic E-state index is 12.0. The fourth-order valence-electron chi connectivity index (χ4n) is 3.50. The maximum Gasteiger partial charge on any atom is 0.315 e. The van der Waals surface area contributed by atoms with Crippen LogP contribution in [0, 0.1) is 17.8 Å². The van der Waals surface area contributed by atoms with Crippen molar-refractivity contribution < 1.29 is 9.59 Å². The van der Waals surface area contributed by atoms with Gasteiger partial charge >= 0.3 is 6.03 Å². The van der Waals surface area contributed by atoms with Crippen molar-refractivity contribution in [3.05, 3.63) is 34.9 Å². The highest BCUT2D eigenvalue weighted by Gasteiger charge is 2.30. The molecule has 0 heterocycles. The van der Waals surface area contributed by atoms with Crippen LogP contribution in [-0.4, -0.2) is 25.0 Å². The largest absolute Gasteiger partial charge is 0.356 e. The Labute approximate surface area is 160 Å². The molecule has 6 heteroatoms. The topological polar surface area (TPSA) is 70.2 Å². The molecule has 3 amide bonds. The highest BCUT2D eigenvalue weighted by atomic mass is 35.5. The second kappa shape index (κ2) is 9.26. The normalized spacial score (nSPS) is 22.5. The molecule has 5 nitrogen and oxygen atoms in total. The molecule has 0 radical (unpaired) electrons. The van der Waals surface area contributed by atoms with Crippen molar-refractivity contribution in [2.45, 2.75) is 45.1 Å². The van der Waals surface area contributed by atoms with Gasteiger partial charge in [0, 0.05) is 30.6 Å². The number of carbonyl (C=O) groups is 2. The van der Waals surface area contributed by atoms with Gasteiger partial charge in [0.1, 0.15) is 0 Å². The first kappa shape index (κ1) is 19.0. The Morgan fingerprint density at radius 1 is 0.923 bits per heavy atom. The summed E-state index contributed by atoms with van der Waals surface area (Å²) in [6.45, 7) is 2.00. The molecule has 1 aromatic carbocycles. The molecule has 0 aromatic heterocycles.